The average molecular weight is 591 g/mol. The second-order valence-corrected chi connectivity index (χ2v) is 13.2. The molecule has 0 aliphatic carbocycles. The number of nitrogens with zero attached hydrogens (tertiary/aromatic N) is 6. The molecule has 8 rings (SSSR count). The van der Waals surface area contributed by atoms with Gasteiger partial charge in [0.25, 0.3) is 0 Å². The molecule has 0 aliphatic heterocycles. The van der Waals surface area contributed by atoms with E-state index in [1.807, 2.05) is 26.0 Å². The Hall–Kier alpha value is -5.28. The second-order valence-electron chi connectivity index (χ2n) is 11.0. The number of thiophene rings is 2. The molecule has 0 saturated carbocycles. The Morgan fingerprint density at radius 2 is 1.21 bits per heavy atom. The summed E-state index contributed by atoms with van der Waals surface area (Å²) in [7, 11) is 0. The fourth-order valence-electron chi connectivity index (χ4n) is 5.90. The van der Waals surface area contributed by atoms with Gasteiger partial charge in [0.2, 0.25) is 5.69 Å². The number of nitriles is 1. The van der Waals surface area contributed by atoms with Crippen molar-refractivity contribution in [3.63, 3.8) is 0 Å². The van der Waals surface area contributed by atoms with E-state index >= 15 is 0 Å². The lowest BCUT2D eigenvalue weighted by Crippen LogP contribution is -2.22. The van der Waals surface area contributed by atoms with E-state index in [2.05, 4.69) is 83.7 Å². The van der Waals surface area contributed by atoms with Crippen LogP contribution in [0.2, 0.25) is 0 Å². The first-order valence-corrected chi connectivity index (χ1v) is 15.4. The van der Waals surface area contributed by atoms with Crippen molar-refractivity contribution in [2.75, 3.05) is 0 Å². The zero-order chi connectivity index (χ0) is 29.3. The highest BCUT2D eigenvalue weighted by molar-refractivity contribution is 7.26. The monoisotopic (exact) mass is 590 g/mol. The van der Waals surface area contributed by atoms with Crippen LogP contribution in [0.15, 0.2) is 97.3 Å². The lowest BCUT2D eigenvalue weighted by Gasteiger charge is -2.21. The zero-order valence-electron chi connectivity index (χ0n) is 23.2. The van der Waals surface area contributed by atoms with Crippen molar-refractivity contribution in [1.29, 1.82) is 5.26 Å². The molecule has 8 heteroatoms. The third-order valence-corrected chi connectivity index (χ3v) is 10.4. The maximum atomic E-state index is 10.2. The molecule has 6 nitrogen and oxygen atoms in total. The average Bonchev–Trinajstić information content (AvgIpc) is 3.82. The maximum Gasteiger partial charge on any atom is 0.228 e. The minimum absolute atomic E-state index is 0.435. The quantitative estimate of drug-likeness (QED) is 0.192. The zero-order valence-corrected chi connectivity index (χ0v) is 24.9. The van der Waals surface area contributed by atoms with Crippen LogP contribution in [0.4, 0.5) is 5.69 Å². The fourth-order valence-corrected chi connectivity index (χ4v) is 8.07. The highest BCUT2D eigenvalue weighted by Crippen LogP contribution is 2.40. The molecule has 0 aliphatic rings. The highest BCUT2D eigenvalue weighted by atomic mass is 32.1. The Morgan fingerprint density at radius 3 is 1.77 bits per heavy atom. The van der Waals surface area contributed by atoms with Gasteiger partial charge in [-0.15, -0.1) is 22.7 Å². The van der Waals surface area contributed by atoms with Gasteiger partial charge in [-0.1, -0.05) is 36.4 Å². The number of benzene rings is 4. The minimum atomic E-state index is -0.806. The van der Waals surface area contributed by atoms with E-state index in [4.69, 9.17) is 16.8 Å². The largest absolute Gasteiger partial charge is 0.252 e. The van der Waals surface area contributed by atoms with Gasteiger partial charge < -0.3 is 0 Å². The van der Waals surface area contributed by atoms with Gasteiger partial charge in [-0.2, -0.15) is 15.5 Å². The van der Waals surface area contributed by atoms with Crippen LogP contribution in [0.25, 0.3) is 56.6 Å². The van der Waals surface area contributed by atoms with Crippen LogP contribution < -0.4 is 0 Å². The Labute approximate surface area is 255 Å². The predicted octanol–water partition coefficient (Wildman–Crippen LogP) is 9.54. The van der Waals surface area contributed by atoms with Gasteiger partial charge in [0.05, 0.1) is 34.9 Å². The van der Waals surface area contributed by atoms with E-state index in [0.29, 0.717) is 22.6 Å². The van der Waals surface area contributed by atoms with E-state index in [9.17, 15) is 5.26 Å². The lowest BCUT2D eigenvalue weighted by atomic mass is 9.83. The first-order valence-electron chi connectivity index (χ1n) is 13.8. The summed E-state index contributed by atoms with van der Waals surface area (Å²) in [5.74, 6) is 0. The maximum absolute atomic E-state index is 10.2. The molecule has 8 aromatic rings. The number of hydrogen-bond acceptors (Lipinski definition) is 5. The molecular weight excluding hydrogens is 569 g/mol. The summed E-state index contributed by atoms with van der Waals surface area (Å²) in [5, 5.41) is 24.8. The Bertz CT molecular complexity index is 2300. The van der Waals surface area contributed by atoms with Crippen molar-refractivity contribution >= 4 is 68.7 Å². The second kappa shape index (κ2) is 9.37. The molecule has 0 N–H and O–H groups in total. The van der Waals surface area contributed by atoms with E-state index in [1.54, 1.807) is 44.4 Å². The van der Waals surface area contributed by atoms with Crippen LogP contribution in [0, 0.1) is 17.9 Å². The molecule has 43 heavy (non-hydrogen) atoms. The van der Waals surface area contributed by atoms with Crippen LogP contribution in [-0.4, -0.2) is 19.6 Å². The smallest absolute Gasteiger partial charge is 0.228 e. The number of rotatable bonds is 4. The molecule has 0 fully saturated rings. The van der Waals surface area contributed by atoms with Crippen LogP contribution in [0.3, 0.4) is 0 Å². The summed E-state index contributed by atoms with van der Waals surface area (Å²) in [4.78, 5) is 3.84. The van der Waals surface area contributed by atoms with Gasteiger partial charge in [0, 0.05) is 58.2 Å². The van der Waals surface area contributed by atoms with E-state index < -0.39 is 5.41 Å². The van der Waals surface area contributed by atoms with Gasteiger partial charge in [-0.25, -0.2) is 9.53 Å². The van der Waals surface area contributed by atoms with Gasteiger partial charge in [-0.05, 0) is 62.4 Å². The summed E-state index contributed by atoms with van der Waals surface area (Å²) in [5.41, 5.74) is 3.01. The molecule has 4 aromatic heterocycles. The molecule has 0 atom stereocenters. The Kier molecular flexibility index (Phi) is 5.54. The normalized spacial score (nSPS) is 11.9. The Morgan fingerprint density at radius 1 is 0.698 bits per heavy atom. The van der Waals surface area contributed by atoms with Crippen LogP contribution in [0.5, 0.6) is 0 Å². The van der Waals surface area contributed by atoms with Crippen LogP contribution in [-0.2, 0) is 5.41 Å². The summed E-state index contributed by atoms with van der Waals surface area (Å²) < 4.78 is 8.44. The molecule has 0 saturated heterocycles. The number of fused-ring (bicyclic) bond motifs is 6. The molecule has 4 heterocycles. The standard InChI is InChI=1S/C35H22N6S2/c1-35(2,33-21(18-36)19-40(38-33)22-12-14-31-26(16-22)24-8-4-6-10-29(24)42-31)34-28(37-3)20-41(39-34)23-13-15-32-27(17-23)25-9-5-7-11-30(25)43-32/h4-17,19-20H,1-2H3. The summed E-state index contributed by atoms with van der Waals surface area (Å²) in [6.45, 7) is 11.9. The molecule has 0 bridgehead atoms. The van der Waals surface area contributed by atoms with Crippen LogP contribution in [0.1, 0.15) is 30.8 Å². The molecule has 0 unspecified atom stereocenters. The third-order valence-electron chi connectivity index (χ3n) is 8.08. The van der Waals surface area contributed by atoms with Gasteiger partial charge >= 0.3 is 0 Å². The van der Waals surface area contributed by atoms with Crippen molar-refractivity contribution in [2.24, 2.45) is 0 Å². The first kappa shape index (κ1) is 25.4. The van der Waals surface area contributed by atoms with E-state index in [-0.39, 0.29) is 0 Å². The van der Waals surface area contributed by atoms with Crippen molar-refractivity contribution in [1.82, 2.24) is 19.6 Å². The van der Waals surface area contributed by atoms with Gasteiger partial charge in [-0.3, -0.25) is 4.68 Å². The van der Waals surface area contributed by atoms with Gasteiger partial charge in [0.1, 0.15) is 6.07 Å². The van der Waals surface area contributed by atoms with E-state index in [0.717, 1.165) is 16.8 Å². The fraction of sp³-hybridized carbons (Fsp3) is 0.0857. The van der Waals surface area contributed by atoms with Crippen molar-refractivity contribution in [2.45, 2.75) is 19.3 Å². The number of aromatic nitrogens is 4. The van der Waals surface area contributed by atoms with Crippen molar-refractivity contribution in [3.8, 4) is 17.4 Å². The molecule has 0 amide bonds. The SMILES string of the molecule is [C-]#[N+]c1cn(-c2ccc3sc4ccccc4c3c2)nc1C(C)(C)c1nn(-c2ccc3sc4ccccc4c3c2)cc1C#N. The summed E-state index contributed by atoms with van der Waals surface area (Å²) >= 11 is 3.53. The molecule has 204 valence electrons. The third kappa shape index (κ3) is 3.89. The Balaban J connectivity index is 1.22. The number of hydrogen-bond donors (Lipinski definition) is 0. The highest BCUT2D eigenvalue weighted by Gasteiger charge is 2.35. The predicted molar refractivity (Wildman–Crippen MR) is 176 cm³/mol. The van der Waals surface area contributed by atoms with Crippen molar-refractivity contribution in [3.05, 3.63) is 126 Å². The van der Waals surface area contributed by atoms with Crippen molar-refractivity contribution < 1.29 is 0 Å². The van der Waals surface area contributed by atoms with Crippen LogP contribution >= 0.6 is 22.7 Å². The molecule has 4 aromatic carbocycles. The first-order chi connectivity index (χ1) is 20.9. The molecular formula is C35H22N6S2. The van der Waals surface area contributed by atoms with Gasteiger partial charge in [0.15, 0.2) is 0 Å². The topological polar surface area (TPSA) is 63.8 Å². The lowest BCUT2D eigenvalue weighted by molar-refractivity contribution is 0.577. The summed E-state index contributed by atoms with van der Waals surface area (Å²) in [6, 6.07) is 31.7. The summed E-state index contributed by atoms with van der Waals surface area (Å²) in [6.07, 6.45) is 3.55. The minimum Gasteiger partial charge on any atom is -0.252 e. The van der Waals surface area contributed by atoms with E-state index in [1.165, 1.54) is 35.0 Å². The molecule has 0 radical (unpaired) electrons. The molecule has 0 spiro atoms.